The smallest absolute Gasteiger partial charge is 0.258 e. The van der Waals surface area contributed by atoms with Gasteiger partial charge in [0.1, 0.15) is 0 Å². The molecule has 0 saturated carbocycles. The lowest BCUT2D eigenvalue weighted by Gasteiger charge is -2.09. The molecular formula is C15H16ClN3O2. The summed E-state index contributed by atoms with van der Waals surface area (Å²) in [6, 6.07) is 4.64. The number of aromatic nitrogens is 2. The van der Waals surface area contributed by atoms with Crippen molar-refractivity contribution in [1.29, 1.82) is 0 Å². The minimum atomic E-state index is -0.353. The fourth-order valence-electron chi connectivity index (χ4n) is 1.91. The number of aryl methyl sites for hydroxylation is 2. The number of carbonyl (C=O) groups is 1. The average molecular weight is 306 g/mol. The number of hydrogen-bond acceptors (Lipinski definition) is 3. The van der Waals surface area contributed by atoms with E-state index in [0.717, 1.165) is 12.1 Å². The number of rotatable bonds is 4. The third kappa shape index (κ3) is 3.70. The van der Waals surface area contributed by atoms with Gasteiger partial charge in [0, 0.05) is 30.7 Å². The fraction of sp³-hybridized carbons (Fsp3) is 0.267. The number of anilines is 1. The molecule has 0 unspecified atom stereocenters. The molecule has 0 aliphatic rings. The lowest BCUT2D eigenvalue weighted by atomic mass is 10.2. The van der Waals surface area contributed by atoms with Gasteiger partial charge in [-0.15, -0.1) is 0 Å². The predicted octanol–water partition coefficient (Wildman–Crippen LogP) is 2.87. The Morgan fingerprint density at radius 2 is 2.19 bits per heavy atom. The van der Waals surface area contributed by atoms with Crippen molar-refractivity contribution in [2.75, 3.05) is 5.32 Å². The van der Waals surface area contributed by atoms with Crippen LogP contribution in [-0.2, 0) is 6.54 Å². The van der Waals surface area contributed by atoms with Gasteiger partial charge in [0.25, 0.3) is 11.5 Å². The summed E-state index contributed by atoms with van der Waals surface area (Å²) in [5, 5.41) is 3.07. The van der Waals surface area contributed by atoms with Crippen molar-refractivity contribution < 1.29 is 4.79 Å². The molecule has 2 rings (SSSR count). The summed E-state index contributed by atoms with van der Waals surface area (Å²) in [4.78, 5) is 27.9. The van der Waals surface area contributed by atoms with Gasteiger partial charge >= 0.3 is 0 Å². The number of halogens is 1. The lowest BCUT2D eigenvalue weighted by Crippen LogP contribution is -2.20. The van der Waals surface area contributed by atoms with Gasteiger partial charge in [-0.1, -0.05) is 18.5 Å². The number of nitrogens with zero attached hydrogens (tertiary/aromatic N) is 2. The highest BCUT2D eigenvalue weighted by molar-refractivity contribution is 6.34. The Labute approximate surface area is 127 Å². The van der Waals surface area contributed by atoms with E-state index in [4.69, 9.17) is 11.6 Å². The Morgan fingerprint density at radius 3 is 2.86 bits per heavy atom. The number of amides is 1. The minimum absolute atomic E-state index is 0.0927. The zero-order valence-electron chi connectivity index (χ0n) is 11.9. The monoisotopic (exact) mass is 305 g/mol. The van der Waals surface area contributed by atoms with Gasteiger partial charge in [0.05, 0.1) is 16.3 Å². The highest BCUT2D eigenvalue weighted by Gasteiger charge is 2.12. The Hall–Kier alpha value is -2.14. The van der Waals surface area contributed by atoms with Crippen LogP contribution in [0, 0.1) is 6.92 Å². The predicted molar refractivity (Wildman–Crippen MR) is 82.9 cm³/mol. The molecule has 0 bridgehead atoms. The number of nitrogens with one attached hydrogen (secondary N) is 1. The quantitative estimate of drug-likeness (QED) is 0.944. The largest absolute Gasteiger partial charge is 0.321 e. The molecule has 0 aliphatic heterocycles. The van der Waals surface area contributed by atoms with E-state index in [1.165, 1.54) is 12.3 Å². The summed E-state index contributed by atoms with van der Waals surface area (Å²) in [5.74, 6) is -0.353. The summed E-state index contributed by atoms with van der Waals surface area (Å²) >= 11 is 6.04. The van der Waals surface area contributed by atoms with E-state index < -0.39 is 0 Å². The Bertz CT molecular complexity index is 725. The van der Waals surface area contributed by atoms with Crippen LogP contribution in [0.15, 0.2) is 35.4 Å². The van der Waals surface area contributed by atoms with E-state index in [1.54, 1.807) is 29.8 Å². The summed E-state index contributed by atoms with van der Waals surface area (Å²) in [6.07, 6.45) is 3.90. The van der Waals surface area contributed by atoms with Crippen molar-refractivity contribution in [3.8, 4) is 0 Å². The fourth-order valence-corrected chi connectivity index (χ4v) is 2.21. The molecule has 0 atom stereocenters. The molecule has 0 radical (unpaired) electrons. The third-order valence-corrected chi connectivity index (χ3v) is 3.25. The first kappa shape index (κ1) is 15.3. The zero-order chi connectivity index (χ0) is 15.4. The maximum atomic E-state index is 12.2. The maximum absolute atomic E-state index is 12.2. The normalized spacial score (nSPS) is 10.4. The van der Waals surface area contributed by atoms with Crippen molar-refractivity contribution in [2.24, 2.45) is 0 Å². The van der Waals surface area contributed by atoms with Gasteiger partial charge in [-0.25, -0.2) is 0 Å². The van der Waals surface area contributed by atoms with Crippen molar-refractivity contribution >= 4 is 23.2 Å². The van der Waals surface area contributed by atoms with E-state index in [2.05, 4.69) is 10.3 Å². The molecule has 110 valence electrons. The molecule has 1 amide bonds. The van der Waals surface area contributed by atoms with Gasteiger partial charge in [-0.05, 0) is 25.5 Å². The molecule has 0 fully saturated rings. The molecular weight excluding hydrogens is 290 g/mol. The molecule has 21 heavy (non-hydrogen) atoms. The SMILES string of the molecule is CCCn1cc(NC(=O)c2cnc(C)cc2Cl)ccc1=O. The van der Waals surface area contributed by atoms with Crippen LogP contribution in [0.25, 0.3) is 0 Å². The van der Waals surface area contributed by atoms with Crippen LogP contribution >= 0.6 is 11.6 Å². The molecule has 5 nitrogen and oxygen atoms in total. The standard InChI is InChI=1S/C15H16ClN3O2/c1-3-6-19-9-11(4-5-14(19)20)18-15(21)12-8-17-10(2)7-13(12)16/h4-5,7-9H,3,6H2,1-2H3,(H,18,21). The number of carbonyl (C=O) groups excluding carboxylic acids is 1. The summed E-state index contributed by atoms with van der Waals surface area (Å²) in [5.41, 5.74) is 1.50. The Balaban J connectivity index is 2.23. The van der Waals surface area contributed by atoms with E-state index in [0.29, 0.717) is 22.8 Å². The van der Waals surface area contributed by atoms with Gasteiger partial charge in [-0.3, -0.25) is 14.6 Å². The molecule has 0 aromatic carbocycles. The first-order valence-corrected chi connectivity index (χ1v) is 7.03. The molecule has 0 saturated heterocycles. The highest BCUT2D eigenvalue weighted by atomic mass is 35.5. The zero-order valence-corrected chi connectivity index (χ0v) is 12.6. The Morgan fingerprint density at radius 1 is 1.43 bits per heavy atom. The van der Waals surface area contributed by atoms with Crippen molar-refractivity contribution in [3.05, 3.63) is 57.2 Å². The summed E-state index contributed by atoms with van der Waals surface area (Å²) in [6.45, 7) is 4.39. The van der Waals surface area contributed by atoms with Gasteiger partial charge in [0.15, 0.2) is 0 Å². The van der Waals surface area contributed by atoms with Crippen molar-refractivity contribution in [2.45, 2.75) is 26.8 Å². The molecule has 2 aromatic rings. The third-order valence-electron chi connectivity index (χ3n) is 2.94. The van der Waals surface area contributed by atoms with Crippen LogP contribution in [0.4, 0.5) is 5.69 Å². The van der Waals surface area contributed by atoms with E-state index in [-0.39, 0.29) is 11.5 Å². The van der Waals surface area contributed by atoms with Gasteiger partial charge in [-0.2, -0.15) is 0 Å². The first-order valence-electron chi connectivity index (χ1n) is 6.65. The van der Waals surface area contributed by atoms with Crippen LogP contribution in [0.1, 0.15) is 29.4 Å². The van der Waals surface area contributed by atoms with Crippen LogP contribution < -0.4 is 10.9 Å². The second kappa shape index (κ2) is 6.54. The second-order valence-corrected chi connectivity index (χ2v) is 5.12. The second-order valence-electron chi connectivity index (χ2n) is 4.71. The number of hydrogen-bond donors (Lipinski definition) is 1. The molecule has 1 N–H and O–H groups in total. The highest BCUT2D eigenvalue weighted by Crippen LogP contribution is 2.17. The summed E-state index contributed by atoms with van der Waals surface area (Å²) < 4.78 is 1.56. The van der Waals surface area contributed by atoms with Gasteiger partial charge < -0.3 is 9.88 Å². The van der Waals surface area contributed by atoms with Crippen LogP contribution in [0.3, 0.4) is 0 Å². The van der Waals surface area contributed by atoms with Crippen molar-refractivity contribution in [1.82, 2.24) is 9.55 Å². The van der Waals surface area contributed by atoms with Crippen LogP contribution in [-0.4, -0.2) is 15.5 Å². The van der Waals surface area contributed by atoms with E-state index in [1.807, 2.05) is 6.92 Å². The minimum Gasteiger partial charge on any atom is -0.321 e. The summed E-state index contributed by atoms with van der Waals surface area (Å²) in [7, 11) is 0. The van der Waals surface area contributed by atoms with E-state index >= 15 is 0 Å². The van der Waals surface area contributed by atoms with Crippen LogP contribution in [0.5, 0.6) is 0 Å². The number of pyridine rings is 2. The molecule has 0 aliphatic carbocycles. The Kier molecular flexibility index (Phi) is 4.75. The molecule has 6 heteroatoms. The topological polar surface area (TPSA) is 64.0 Å². The van der Waals surface area contributed by atoms with Crippen LogP contribution in [0.2, 0.25) is 5.02 Å². The average Bonchev–Trinajstić information content (AvgIpc) is 2.42. The molecule has 2 aromatic heterocycles. The first-order chi connectivity index (χ1) is 10.0. The molecule has 0 spiro atoms. The molecule has 2 heterocycles. The van der Waals surface area contributed by atoms with Gasteiger partial charge in [0.2, 0.25) is 0 Å². The van der Waals surface area contributed by atoms with Crippen molar-refractivity contribution in [3.63, 3.8) is 0 Å². The maximum Gasteiger partial charge on any atom is 0.258 e. The lowest BCUT2D eigenvalue weighted by molar-refractivity contribution is 0.102. The van der Waals surface area contributed by atoms with E-state index in [9.17, 15) is 9.59 Å².